The molecular formula is C26H30N2O3S. The summed E-state index contributed by atoms with van der Waals surface area (Å²) in [6.07, 6.45) is 1.47. The Bertz CT molecular complexity index is 1140. The Morgan fingerprint density at radius 2 is 1.34 bits per heavy atom. The van der Waals surface area contributed by atoms with Crippen molar-refractivity contribution >= 4 is 21.6 Å². The molecule has 0 aliphatic carbocycles. The number of anilines is 1. The van der Waals surface area contributed by atoms with Crippen LogP contribution in [0.2, 0.25) is 0 Å². The maximum absolute atomic E-state index is 13.5. The van der Waals surface area contributed by atoms with Crippen LogP contribution >= 0.6 is 0 Å². The second-order valence-electron chi connectivity index (χ2n) is 8.08. The van der Waals surface area contributed by atoms with Crippen LogP contribution in [0, 0.1) is 13.8 Å². The number of nitrogens with zero attached hydrogens (tertiary/aromatic N) is 1. The average Bonchev–Trinajstić information content (AvgIpc) is 2.77. The van der Waals surface area contributed by atoms with Crippen LogP contribution in [0.15, 0.2) is 78.9 Å². The van der Waals surface area contributed by atoms with E-state index in [-0.39, 0.29) is 5.91 Å². The van der Waals surface area contributed by atoms with Gasteiger partial charge in [-0.25, -0.2) is 8.42 Å². The molecule has 1 amide bonds. The molecule has 0 spiro atoms. The quantitative estimate of drug-likeness (QED) is 0.538. The highest BCUT2D eigenvalue weighted by Crippen LogP contribution is 2.26. The molecule has 0 aliphatic rings. The predicted molar refractivity (Wildman–Crippen MR) is 130 cm³/mol. The van der Waals surface area contributed by atoms with E-state index in [1.807, 2.05) is 87.5 Å². The molecule has 5 nitrogen and oxygen atoms in total. The van der Waals surface area contributed by atoms with E-state index in [2.05, 4.69) is 5.32 Å². The fraction of sp³-hybridized carbons (Fsp3) is 0.269. The first kappa shape index (κ1) is 23.5. The molecule has 0 aromatic heterocycles. The highest BCUT2D eigenvalue weighted by Gasteiger charge is 2.33. The van der Waals surface area contributed by atoms with Gasteiger partial charge in [-0.05, 0) is 43.5 Å². The number of carbonyl (C=O) groups is 1. The van der Waals surface area contributed by atoms with Gasteiger partial charge in [0.2, 0.25) is 15.9 Å². The molecule has 0 saturated heterocycles. The molecule has 0 bridgehead atoms. The minimum atomic E-state index is -3.69. The monoisotopic (exact) mass is 450 g/mol. The summed E-state index contributed by atoms with van der Waals surface area (Å²) in [5.74, 6) is -0.340. The maximum Gasteiger partial charge on any atom is 0.244 e. The molecule has 0 radical (unpaired) electrons. The lowest BCUT2D eigenvalue weighted by Crippen LogP contribution is -2.50. The highest BCUT2D eigenvalue weighted by molar-refractivity contribution is 7.92. The van der Waals surface area contributed by atoms with E-state index in [1.165, 1.54) is 4.31 Å². The molecule has 168 valence electrons. The van der Waals surface area contributed by atoms with E-state index in [1.54, 1.807) is 12.1 Å². The third-order valence-corrected chi connectivity index (χ3v) is 6.63. The van der Waals surface area contributed by atoms with Gasteiger partial charge in [0.05, 0.1) is 18.0 Å². The summed E-state index contributed by atoms with van der Waals surface area (Å²) in [5, 5.41) is 3.11. The lowest BCUT2D eigenvalue weighted by Gasteiger charge is -2.32. The molecule has 2 atom stereocenters. The van der Waals surface area contributed by atoms with E-state index < -0.39 is 22.1 Å². The third-order valence-electron chi connectivity index (χ3n) is 5.45. The van der Waals surface area contributed by atoms with Gasteiger partial charge in [0.15, 0.2) is 0 Å². The maximum atomic E-state index is 13.5. The summed E-state index contributed by atoms with van der Waals surface area (Å²) >= 11 is 0. The Balaban J connectivity index is 1.98. The van der Waals surface area contributed by atoms with Gasteiger partial charge in [0.25, 0.3) is 0 Å². The Morgan fingerprint density at radius 3 is 1.84 bits per heavy atom. The Hall–Kier alpha value is -3.12. The lowest BCUT2D eigenvalue weighted by atomic mass is 9.97. The summed E-state index contributed by atoms with van der Waals surface area (Å²) in [6.45, 7) is 5.77. The van der Waals surface area contributed by atoms with Crippen molar-refractivity contribution in [2.75, 3.05) is 10.6 Å². The van der Waals surface area contributed by atoms with Crippen molar-refractivity contribution < 1.29 is 13.2 Å². The molecule has 0 unspecified atom stereocenters. The van der Waals surface area contributed by atoms with Crippen LogP contribution in [0.5, 0.6) is 0 Å². The van der Waals surface area contributed by atoms with E-state index in [0.717, 1.165) is 28.5 Å². The van der Waals surface area contributed by atoms with E-state index in [9.17, 15) is 13.2 Å². The predicted octanol–water partition coefficient (Wildman–Crippen LogP) is 4.75. The van der Waals surface area contributed by atoms with Crippen molar-refractivity contribution in [1.82, 2.24) is 5.32 Å². The zero-order valence-corrected chi connectivity index (χ0v) is 19.8. The number of carbonyl (C=O) groups excluding carboxylic acids is 1. The Kier molecular flexibility index (Phi) is 7.36. The summed E-state index contributed by atoms with van der Waals surface area (Å²) in [5.41, 5.74) is 4.49. The molecule has 32 heavy (non-hydrogen) atoms. The minimum absolute atomic E-state index is 0.336. The number of rotatable bonds is 8. The average molecular weight is 451 g/mol. The molecule has 3 rings (SSSR count). The molecule has 6 heteroatoms. The summed E-state index contributed by atoms with van der Waals surface area (Å²) in [6, 6.07) is 23.6. The first-order valence-corrected chi connectivity index (χ1v) is 12.5. The lowest BCUT2D eigenvalue weighted by molar-refractivity contribution is -0.122. The summed E-state index contributed by atoms with van der Waals surface area (Å²) < 4.78 is 26.7. The van der Waals surface area contributed by atoms with Crippen LogP contribution < -0.4 is 9.62 Å². The van der Waals surface area contributed by atoms with Crippen LogP contribution in [0.4, 0.5) is 5.69 Å². The normalized spacial score (nSPS) is 13.2. The summed E-state index contributed by atoms with van der Waals surface area (Å²) in [4.78, 5) is 13.5. The molecule has 0 fully saturated rings. The number of sulfonamides is 1. The van der Waals surface area contributed by atoms with Gasteiger partial charge in [-0.2, -0.15) is 0 Å². The van der Waals surface area contributed by atoms with Crippen LogP contribution in [-0.4, -0.2) is 26.6 Å². The van der Waals surface area contributed by atoms with Gasteiger partial charge in [0.1, 0.15) is 6.04 Å². The SMILES string of the molecule is CC[C@H](C(=O)N[C@H](c1ccccc1)c1ccc(C)cc1)N(c1ccc(C)cc1)S(C)(=O)=O. The number of hydrogen-bond acceptors (Lipinski definition) is 3. The largest absolute Gasteiger partial charge is 0.343 e. The van der Waals surface area contributed by atoms with Crippen LogP contribution in [0.3, 0.4) is 0 Å². The van der Waals surface area contributed by atoms with Crippen molar-refractivity contribution in [3.63, 3.8) is 0 Å². The van der Waals surface area contributed by atoms with Gasteiger partial charge in [-0.1, -0.05) is 84.8 Å². The number of benzene rings is 3. The van der Waals surface area contributed by atoms with Crippen LogP contribution in [0.25, 0.3) is 0 Å². The van der Waals surface area contributed by atoms with Gasteiger partial charge in [-0.3, -0.25) is 9.10 Å². The number of aryl methyl sites for hydroxylation is 2. The molecule has 1 N–H and O–H groups in total. The van der Waals surface area contributed by atoms with Crippen molar-refractivity contribution in [1.29, 1.82) is 0 Å². The third kappa shape index (κ3) is 5.56. The highest BCUT2D eigenvalue weighted by atomic mass is 32.2. The van der Waals surface area contributed by atoms with Gasteiger partial charge < -0.3 is 5.32 Å². The Labute approximate surface area is 191 Å². The minimum Gasteiger partial charge on any atom is -0.343 e. The second kappa shape index (κ2) is 10.0. The number of amides is 1. The van der Waals surface area contributed by atoms with Gasteiger partial charge >= 0.3 is 0 Å². The molecule has 3 aromatic carbocycles. The topological polar surface area (TPSA) is 66.5 Å². The van der Waals surface area contributed by atoms with Crippen molar-refractivity contribution in [2.24, 2.45) is 0 Å². The van der Waals surface area contributed by atoms with Gasteiger partial charge in [0, 0.05) is 0 Å². The van der Waals surface area contributed by atoms with Crippen LogP contribution in [-0.2, 0) is 14.8 Å². The van der Waals surface area contributed by atoms with E-state index in [0.29, 0.717) is 12.1 Å². The van der Waals surface area contributed by atoms with Gasteiger partial charge in [-0.15, -0.1) is 0 Å². The first-order valence-electron chi connectivity index (χ1n) is 10.7. The van der Waals surface area contributed by atoms with Crippen LogP contribution in [0.1, 0.15) is 41.6 Å². The summed E-state index contributed by atoms with van der Waals surface area (Å²) in [7, 11) is -3.69. The molecule has 3 aromatic rings. The Morgan fingerprint density at radius 1 is 0.844 bits per heavy atom. The number of nitrogens with one attached hydrogen (secondary N) is 1. The molecular weight excluding hydrogens is 420 g/mol. The fourth-order valence-electron chi connectivity index (χ4n) is 3.75. The molecule has 0 heterocycles. The molecule has 0 saturated carbocycles. The van der Waals surface area contributed by atoms with Crippen molar-refractivity contribution in [2.45, 2.75) is 39.3 Å². The first-order chi connectivity index (χ1) is 15.2. The second-order valence-corrected chi connectivity index (χ2v) is 9.94. The fourth-order valence-corrected chi connectivity index (χ4v) is 4.97. The van der Waals surface area contributed by atoms with E-state index in [4.69, 9.17) is 0 Å². The zero-order chi connectivity index (χ0) is 23.3. The van der Waals surface area contributed by atoms with E-state index >= 15 is 0 Å². The standard InChI is InChI=1S/C26H30N2O3S/c1-5-24(28(32(4,30)31)23-17-13-20(3)14-18-23)26(29)27-25(21-9-7-6-8-10-21)22-15-11-19(2)12-16-22/h6-18,24-25H,5H2,1-4H3,(H,27,29)/t24-,25-/m1/s1. The zero-order valence-electron chi connectivity index (χ0n) is 18.9. The van der Waals surface area contributed by atoms with Crippen molar-refractivity contribution in [3.8, 4) is 0 Å². The molecule has 0 aliphatic heterocycles. The number of hydrogen-bond donors (Lipinski definition) is 1. The van der Waals surface area contributed by atoms with Crippen molar-refractivity contribution in [3.05, 3.63) is 101 Å². The smallest absolute Gasteiger partial charge is 0.244 e.